The molecule has 1 aromatic carbocycles. The van der Waals surface area contributed by atoms with Gasteiger partial charge in [-0.25, -0.2) is 0 Å². The molecule has 6 heteroatoms. The van der Waals surface area contributed by atoms with Crippen molar-refractivity contribution < 1.29 is 9.47 Å². The highest BCUT2D eigenvalue weighted by Crippen LogP contribution is 2.35. The number of hydrogen-bond acceptors (Lipinski definition) is 4. The third kappa shape index (κ3) is 2.23. The number of aromatic nitrogens is 2. The van der Waals surface area contributed by atoms with Gasteiger partial charge in [-0.3, -0.25) is 4.68 Å². The molecule has 0 aliphatic carbocycles. The van der Waals surface area contributed by atoms with Crippen molar-refractivity contribution in [2.45, 2.75) is 12.1 Å². The van der Waals surface area contributed by atoms with E-state index >= 15 is 0 Å². The zero-order valence-corrected chi connectivity index (χ0v) is 12.1. The normalized spacial score (nSPS) is 18.9. The topological polar surface area (TPSA) is 48.3 Å². The second-order valence-electron chi connectivity index (χ2n) is 4.68. The van der Waals surface area contributed by atoms with Crippen molar-refractivity contribution in [3.63, 3.8) is 0 Å². The van der Waals surface area contributed by atoms with Gasteiger partial charge in [-0.05, 0) is 19.2 Å². The van der Waals surface area contributed by atoms with Crippen LogP contribution in [0.5, 0.6) is 11.5 Å². The van der Waals surface area contributed by atoms with Gasteiger partial charge in [0, 0.05) is 7.05 Å². The molecule has 20 heavy (non-hydrogen) atoms. The fourth-order valence-electron chi connectivity index (χ4n) is 2.47. The number of rotatable bonds is 3. The van der Waals surface area contributed by atoms with Gasteiger partial charge in [-0.2, -0.15) is 5.10 Å². The van der Waals surface area contributed by atoms with E-state index in [0.29, 0.717) is 11.6 Å². The molecule has 0 spiro atoms. The first-order valence-corrected chi connectivity index (χ1v) is 6.81. The van der Waals surface area contributed by atoms with Gasteiger partial charge in [0.25, 0.3) is 0 Å². The van der Waals surface area contributed by atoms with Crippen molar-refractivity contribution in [3.8, 4) is 11.5 Å². The third-order valence-electron chi connectivity index (χ3n) is 3.45. The standard InChI is InChI=1S/C14H16ClN3O2/c1-16-13(14-9(15)7-17-18(14)2)12-8-19-10-5-3-4-6-11(10)20-12/h3-7,12-13,16H,8H2,1-2H3. The minimum absolute atomic E-state index is 0.0941. The molecule has 5 nitrogen and oxygen atoms in total. The quantitative estimate of drug-likeness (QED) is 0.942. The summed E-state index contributed by atoms with van der Waals surface area (Å²) in [5.41, 5.74) is 0.891. The second-order valence-corrected chi connectivity index (χ2v) is 5.09. The zero-order valence-electron chi connectivity index (χ0n) is 11.3. The molecule has 2 unspecified atom stereocenters. The average Bonchev–Trinajstić information content (AvgIpc) is 2.80. The van der Waals surface area contributed by atoms with Crippen LogP contribution in [0.25, 0.3) is 0 Å². The largest absolute Gasteiger partial charge is 0.486 e. The number of likely N-dealkylation sites (N-methyl/N-ethyl adjacent to an activating group) is 1. The van der Waals surface area contributed by atoms with Crippen molar-refractivity contribution in [1.82, 2.24) is 15.1 Å². The van der Waals surface area contributed by atoms with E-state index in [1.807, 2.05) is 38.4 Å². The molecular formula is C14H16ClN3O2. The van der Waals surface area contributed by atoms with Crippen molar-refractivity contribution in [2.24, 2.45) is 7.05 Å². The lowest BCUT2D eigenvalue weighted by atomic mass is 10.1. The van der Waals surface area contributed by atoms with Gasteiger partial charge in [0.2, 0.25) is 0 Å². The zero-order chi connectivity index (χ0) is 14.1. The lowest BCUT2D eigenvalue weighted by Gasteiger charge is -2.32. The Balaban J connectivity index is 1.89. The van der Waals surface area contributed by atoms with Crippen LogP contribution in [0.2, 0.25) is 5.02 Å². The maximum Gasteiger partial charge on any atom is 0.161 e. The van der Waals surface area contributed by atoms with Crippen LogP contribution in [0.1, 0.15) is 11.7 Å². The highest BCUT2D eigenvalue weighted by Gasteiger charge is 2.32. The second kappa shape index (κ2) is 5.34. The van der Waals surface area contributed by atoms with Gasteiger partial charge in [0.15, 0.2) is 17.6 Å². The molecule has 2 atom stereocenters. The van der Waals surface area contributed by atoms with Crippen LogP contribution >= 0.6 is 11.6 Å². The number of hydrogen-bond donors (Lipinski definition) is 1. The van der Waals surface area contributed by atoms with E-state index in [4.69, 9.17) is 21.1 Å². The number of nitrogens with one attached hydrogen (secondary N) is 1. The molecule has 0 radical (unpaired) electrons. The molecule has 0 fully saturated rings. The fraction of sp³-hybridized carbons (Fsp3) is 0.357. The highest BCUT2D eigenvalue weighted by molar-refractivity contribution is 6.31. The molecular weight excluding hydrogens is 278 g/mol. The summed E-state index contributed by atoms with van der Waals surface area (Å²) in [6.07, 6.45) is 1.47. The average molecular weight is 294 g/mol. The fourth-order valence-corrected chi connectivity index (χ4v) is 2.75. The molecule has 0 saturated carbocycles. The Bertz CT molecular complexity index is 595. The molecule has 106 valence electrons. The van der Waals surface area contributed by atoms with E-state index in [0.717, 1.165) is 17.2 Å². The number of halogens is 1. The summed E-state index contributed by atoms with van der Waals surface area (Å²) in [6.45, 7) is 0.462. The van der Waals surface area contributed by atoms with Gasteiger partial charge < -0.3 is 14.8 Å². The maximum atomic E-state index is 6.22. The van der Waals surface area contributed by atoms with Crippen molar-refractivity contribution in [3.05, 3.63) is 41.2 Å². The lowest BCUT2D eigenvalue weighted by Crippen LogP contribution is -2.41. The number of fused-ring (bicyclic) bond motifs is 1. The molecule has 1 aromatic heterocycles. The van der Waals surface area contributed by atoms with Gasteiger partial charge in [-0.15, -0.1) is 0 Å². The Kier molecular flexibility index (Phi) is 3.54. The van der Waals surface area contributed by atoms with Crippen LogP contribution in [0.3, 0.4) is 0 Å². The minimum atomic E-state index is -0.164. The number of aryl methyl sites for hydroxylation is 1. The summed E-state index contributed by atoms with van der Waals surface area (Å²) in [5, 5.41) is 8.03. The Morgan fingerprint density at radius 3 is 2.80 bits per heavy atom. The van der Waals surface area contributed by atoms with Gasteiger partial charge >= 0.3 is 0 Å². The Hall–Kier alpha value is -1.72. The monoisotopic (exact) mass is 293 g/mol. The molecule has 2 heterocycles. The molecule has 0 amide bonds. The number of ether oxygens (including phenoxy) is 2. The Morgan fingerprint density at radius 2 is 2.15 bits per heavy atom. The first-order valence-electron chi connectivity index (χ1n) is 6.44. The smallest absolute Gasteiger partial charge is 0.161 e. The molecule has 1 aliphatic rings. The summed E-state index contributed by atoms with van der Waals surface area (Å²) in [6, 6.07) is 7.56. The molecule has 1 aliphatic heterocycles. The van der Waals surface area contributed by atoms with Crippen LogP contribution in [0.4, 0.5) is 0 Å². The summed E-state index contributed by atoms with van der Waals surface area (Å²) in [4.78, 5) is 0. The maximum absolute atomic E-state index is 6.22. The number of nitrogens with zero attached hydrogens (tertiary/aromatic N) is 2. The molecule has 2 aromatic rings. The van der Waals surface area contributed by atoms with E-state index in [1.165, 1.54) is 0 Å². The van der Waals surface area contributed by atoms with Gasteiger partial charge in [-0.1, -0.05) is 23.7 Å². The van der Waals surface area contributed by atoms with Crippen LogP contribution in [-0.4, -0.2) is 29.5 Å². The molecule has 0 saturated heterocycles. The first kappa shape index (κ1) is 13.3. The van der Waals surface area contributed by atoms with Crippen molar-refractivity contribution >= 4 is 11.6 Å². The predicted molar refractivity (Wildman–Crippen MR) is 76.4 cm³/mol. The SMILES string of the molecule is CNC(c1c(Cl)cnn1C)C1COc2ccccc2O1. The van der Waals surface area contributed by atoms with Gasteiger partial charge in [0.1, 0.15) is 6.61 Å². The lowest BCUT2D eigenvalue weighted by molar-refractivity contribution is 0.0617. The van der Waals surface area contributed by atoms with E-state index in [1.54, 1.807) is 10.9 Å². The first-order chi connectivity index (χ1) is 9.70. The van der Waals surface area contributed by atoms with Crippen LogP contribution in [-0.2, 0) is 7.05 Å². The molecule has 3 rings (SSSR count). The van der Waals surface area contributed by atoms with Crippen LogP contribution < -0.4 is 14.8 Å². The predicted octanol–water partition coefficient (Wildman–Crippen LogP) is 2.17. The number of para-hydroxylation sites is 2. The molecule has 1 N–H and O–H groups in total. The minimum Gasteiger partial charge on any atom is -0.486 e. The summed E-state index contributed by atoms with van der Waals surface area (Å²) in [7, 11) is 3.74. The van der Waals surface area contributed by atoms with E-state index in [9.17, 15) is 0 Å². The van der Waals surface area contributed by atoms with Gasteiger partial charge in [0.05, 0.1) is 23.0 Å². The van der Waals surface area contributed by atoms with Crippen molar-refractivity contribution in [2.75, 3.05) is 13.7 Å². The van der Waals surface area contributed by atoms with E-state index < -0.39 is 0 Å². The molecule has 0 bridgehead atoms. The van der Waals surface area contributed by atoms with E-state index in [2.05, 4.69) is 10.4 Å². The number of benzene rings is 1. The Labute approximate surface area is 122 Å². The van der Waals surface area contributed by atoms with Crippen LogP contribution in [0.15, 0.2) is 30.5 Å². The van der Waals surface area contributed by atoms with Crippen molar-refractivity contribution in [1.29, 1.82) is 0 Å². The van der Waals surface area contributed by atoms with Crippen LogP contribution in [0, 0.1) is 0 Å². The third-order valence-corrected chi connectivity index (χ3v) is 3.74. The summed E-state index contributed by atoms with van der Waals surface area (Å²) in [5.74, 6) is 1.52. The Morgan fingerprint density at radius 1 is 1.40 bits per heavy atom. The summed E-state index contributed by atoms with van der Waals surface area (Å²) >= 11 is 6.22. The summed E-state index contributed by atoms with van der Waals surface area (Å²) < 4.78 is 13.5. The van der Waals surface area contributed by atoms with E-state index in [-0.39, 0.29) is 12.1 Å². The highest BCUT2D eigenvalue weighted by atomic mass is 35.5.